The molecule has 0 spiro atoms. The molecule has 2 rings (SSSR count). The summed E-state index contributed by atoms with van der Waals surface area (Å²) in [6.07, 6.45) is 5.18. The van der Waals surface area contributed by atoms with Gasteiger partial charge in [0.1, 0.15) is 12.2 Å². The normalized spacial score (nSPS) is 20.1. The van der Waals surface area contributed by atoms with Crippen molar-refractivity contribution in [1.82, 2.24) is 14.8 Å². The van der Waals surface area contributed by atoms with Crippen LogP contribution in [0, 0.1) is 11.8 Å². The van der Waals surface area contributed by atoms with Crippen LogP contribution in [0.4, 0.5) is 0 Å². The third kappa shape index (κ3) is 2.43. The lowest BCUT2D eigenvalue weighted by molar-refractivity contribution is 0.386. The molecule has 1 aliphatic carbocycles. The molecular formula is C12H22N4. The van der Waals surface area contributed by atoms with Crippen molar-refractivity contribution in [1.29, 1.82) is 0 Å². The minimum Gasteiger partial charge on any atom is -0.327 e. The molecule has 1 aliphatic rings. The lowest BCUT2D eigenvalue weighted by atomic mass is 9.94. The van der Waals surface area contributed by atoms with Crippen LogP contribution < -0.4 is 5.73 Å². The van der Waals surface area contributed by atoms with Crippen molar-refractivity contribution < 1.29 is 0 Å². The van der Waals surface area contributed by atoms with Crippen LogP contribution in [0.1, 0.15) is 45.5 Å². The zero-order valence-corrected chi connectivity index (χ0v) is 10.4. The van der Waals surface area contributed by atoms with Crippen molar-refractivity contribution in [2.75, 3.05) is 0 Å². The van der Waals surface area contributed by atoms with Crippen LogP contribution in [0.2, 0.25) is 0 Å². The molecule has 2 unspecified atom stereocenters. The molecule has 1 fully saturated rings. The molecule has 0 aromatic carbocycles. The maximum Gasteiger partial charge on any atom is 0.138 e. The van der Waals surface area contributed by atoms with Crippen molar-refractivity contribution in [3.8, 4) is 0 Å². The van der Waals surface area contributed by atoms with Gasteiger partial charge < -0.3 is 5.73 Å². The summed E-state index contributed by atoms with van der Waals surface area (Å²) in [4.78, 5) is 4.31. The summed E-state index contributed by atoms with van der Waals surface area (Å²) in [6.45, 7) is 6.50. The highest BCUT2D eigenvalue weighted by Gasteiger charge is 2.32. The van der Waals surface area contributed by atoms with Gasteiger partial charge in [0, 0.05) is 18.5 Å². The highest BCUT2D eigenvalue weighted by atomic mass is 15.3. The molecule has 1 saturated carbocycles. The summed E-state index contributed by atoms with van der Waals surface area (Å²) < 4.78 is 1.97. The van der Waals surface area contributed by atoms with Gasteiger partial charge in [-0.1, -0.05) is 6.92 Å². The Bertz CT molecular complexity index is 341. The number of nitrogens with zero attached hydrogens (tertiary/aromatic N) is 3. The van der Waals surface area contributed by atoms with Gasteiger partial charge in [0.15, 0.2) is 0 Å². The number of rotatable bonds is 5. The SMILES string of the molecule is CC(C(N)Cc1ncnn1C(C)C)C1CC1. The molecule has 4 nitrogen and oxygen atoms in total. The second kappa shape index (κ2) is 4.53. The van der Waals surface area contributed by atoms with Crippen molar-refractivity contribution in [2.24, 2.45) is 17.6 Å². The lowest BCUT2D eigenvalue weighted by Gasteiger charge is -2.19. The molecule has 0 amide bonds. The Morgan fingerprint density at radius 2 is 2.12 bits per heavy atom. The van der Waals surface area contributed by atoms with E-state index in [2.05, 4.69) is 30.9 Å². The van der Waals surface area contributed by atoms with Crippen LogP contribution in [0.3, 0.4) is 0 Å². The standard InChI is InChI=1S/C12H22N4/c1-8(2)16-12(14-7-15-16)6-11(13)9(3)10-4-5-10/h7-11H,4-6,13H2,1-3H3. The van der Waals surface area contributed by atoms with Crippen molar-refractivity contribution >= 4 is 0 Å². The van der Waals surface area contributed by atoms with E-state index in [1.165, 1.54) is 12.8 Å². The number of hydrogen-bond acceptors (Lipinski definition) is 3. The van der Waals surface area contributed by atoms with E-state index < -0.39 is 0 Å². The number of nitrogens with two attached hydrogens (primary N) is 1. The molecule has 0 saturated heterocycles. The fraction of sp³-hybridized carbons (Fsp3) is 0.833. The molecule has 0 bridgehead atoms. The van der Waals surface area contributed by atoms with E-state index >= 15 is 0 Å². The first-order chi connectivity index (χ1) is 7.59. The van der Waals surface area contributed by atoms with Crippen LogP contribution in [0.5, 0.6) is 0 Å². The van der Waals surface area contributed by atoms with Gasteiger partial charge in [-0.3, -0.25) is 0 Å². The predicted octanol–water partition coefficient (Wildman–Crippen LogP) is 1.77. The number of aromatic nitrogens is 3. The minimum atomic E-state index is 0.217. The lowest BCUT2D eigenvalue weighted by Crippen LogP contribution is -2.33. The molecule has 0 aliphatic heterocycles. The molecule has 1 aromatic rings. The second-order valence-corrected chi connectivity index (χ2v) is 5.28. The van der Waals surface area contributed by atoms with Crippen LogP contribution in [-0.2, 0) is 6.42 Å². The predicted molar refractivity (Wildman–Crippen MR) is 64.0 cm³/mol. The third-order valence-corrected chi connectivity index (χ3v) is 3.60. The van der Waals surface area contributed by atoms with E-state index in [9.17, 15) is 0 Å². The van der Waals surface area contributed by atoms with Crippen molar-refractivity contribution in [2.45, 2.75) is 52.1 Å². The average molecular weight is 222 g/mol. The minimum absolute atomic E-state index is 0.217. The summed E-state index contributed by atoms with van der Waals surface area (Å²) in [5.74, 6) is 2.48. The number of hydrogen-bond donors (Lipinski definition) is 1. The summed E-state index contributed by atoms with van der Waals surface area (Å²) in [7, 11) is 0. The van der Waals surface area contributed by atoms with Gasteiger partial charge in [-0.2, -0.15) is 5.10 Å². The maximum atomic E-state index is 6.24. The smallest absolute Gasteiger partial charge is 0.138 e. The summed E-state index contributed by atoms with van der Waals surface area (Å²) in [5.41, 5.74) is 6.24. The highest BCUT2D eigenvalue weighted by Crippen LogP contribution is 2.38. The molecule has 90 valence electrons. The molecule has 4 heteroatoms. The molecule has 16 heavy (non-hydrogen) atoms. The highest BCUT2D eigenvalue weighted by molar-refractivity contribution is 4.94. The molecule has 2 atom stereocenters. The Balaban J connectivity index is 1.99. The van der Waals surface area contributed by atoms with Gasteiger partial charge >= 0.3 is 0 Å². The Labute approximate surface area is 97.2 Å². The average Bonchev–Trinajstić information content (AvgIpc) is 2.97. The van der Waals surface area contributed by atoms with E-state index in [4.69, 9.17) is 5.73 Å². The second-order valence-electron chi connectivity index (χ2n) is 5.28. The van der Waals surface area contributed by atoms with E-state index in [1.54, 1.807) is 6.33 Å². The zero-order chi connectivity index (χ0) is 11.7. The summed E-state index contributed by atoms with van der Waals surface area (Å²) in [6, 6.07) is 0.579. The fourth-order valence-corrected chi connectivity index (χ4v) is 2.22. The van der Waals surface area contributed by atoms with Crippen LogP contribution in [-0.4, -0.2) is 20.8 Å². The van der Waals surface area contributed by atoms with Crippen molar-refractivity contribution in [3.05, 3.63) is 12.2 Å². The van der Waals surface area contributed by atoms with Gasteiger partial charge in [-0.15, -0.1) is 0 Å². The van der Waals surface area contributed by atoms with Gasteiger partial charge in [-0.05, 0) is 38.5 Å². The molecule has 0 radical (unpaired) electrons. The first-order valence-electron chi connectivity index (χ1n) is 6.23. The molecule has 2 N–H and O–H groups in total. The Kier molecular flexibility index (Phi) is 3.28. The molecule has 1 heterocycles. The molecule has 1 aromatic heterocycles. The third-order valence-electron chi connectivity index (χ3n) is 3.60. The van der Waals surface area contributed by atoms with Gasteiger partial charge in [0.05, 0.1) is 0 Å². The van der Waals surface area contributed by atoms with Crippen LogP contribution in [0.25, 0.3) is 0 Å². The largest absolute Gasteiger partial charge is 0.327 e. The fourth-order valence-electron chi connectivity index (χ4n) is 2.22. The quantitative estimate of drug-likeness (QED) is 0.826. The Morgan fingerprint density at radius 3 is 2.69 bits per heavy atom. The Morgan fingerprint density at radius 1 is 1.44 bits per heavy atom. The van der Waals surface area contributed by atoms with Crippen LogP contribution >= 0.6 is 0 Å². The first kappa shape index (κ1) is 11.6. The zero-order valence-electron chi connectivity index (χ0n) is 10.4. The monoisotopic (exact) mass is 222 g/mol. The van der Waals surface area contributed by atoms with Crippen LogP contribution in [0.15, 0.2) is 6.33 Å². The van der Waals surface area contributed by atoms with E-state index in [-0.39, 0.29) is 6.04 Å². The van der Waals surface area contributed by atoms with Gasteiger partial charge in [0.2, 0.25) is 0 Å². The van der Waals surface area contributed by atoms with E-state index in [0.29, 0.717) is 12.0 Å². The van der Waals surface area contributed by atoms with Crippen molar-refractivity contribution in [3.63, 3.8) is 0 Å². The van der Waals surface area contributed by atoms with E-state index in [1.807, 2.05) is 4.68 Å². The topological polar surface area (TPSA) is 56.7 Å². The van der Waals surface area contributed by atoms with Gasteiger partial charge in [-0.25, -0.2) is 9.67 Å². The van der Waals surface area contributed by atoms with Gasteiger partial charge in [0.25, 0.3) is 0 Å². The first-order valence-corrected chi connectivity index (χ1v) is 6.23. The maximum absolute atomic E-state index is 6.24. The summed E-state index contributed by atoms with van der Waals surface area (Å²) in [5, 5.41) is 4.24. The Hall–Kier alpha value is -0.900. The van der Waals surface area contributed by atoms with E-state index in [0.717, 1.165) is 18.2 Å². The molecular weight excluding hydrogens is 200 g/mol. The summed E-state index contributed by atoms with van der Waals surface area (Å²) >= 11 is 0.